The molecule has 2 aromatic rings. The third-order valence-electron chi connectivity index (χ3n) is 2.83. The number of aromatic amines is 1. The molecular formula is C14H14N2O5. The van der Waals surface area contributed by atoms with Crippen molar-refractivity contribution < 1.29 is 24.2 Å². The third kappa shape index (κ3) is 3.90. The number of fused-ring (bicyclic) bond motifs is 1. The molecule has 0 saturated carbocycles. The zero-order valence-electron chi connectivity index (χ0n) is 11.0. The second-order valence-corrected chi connectivity index (χ2v) is 4.56. The summed E-state index contributed by atoms with van der Waals surface area (Å²) in [6.07, 6.45) is -0.710. The van der Waals surface area contributed by atoms with Crippen LogP contribution in [0.15, 0.2) is 30.3 Å². The standard InChI is InChI=1S/C14H14N2O5/c15-10(7-12(17)18)14(20)21-13(19)6-9-5-8-3-1-2-4-11(8)16-9/h1-5,10,16H,6-7,15H2,(H,17,18)/t10-/m0/s1. The molecule has 0 aliphatic carbocycles. The van der Waals surface area contributed by atoms with E-state index in [9.17, 15) is 14.4 Å². The predicted octanol–water partition coefficient (Wildman–Crippen LogP) is 0.582. The Morgan fingerprint density at radius 2 is 2.00 bits per heavy atom. The van der Waals surface area contributed by atoms with Crippen LogP contribution in [-0.2, 0) is 25.5 Å². The number of hydrogen-bond acceptors (Lipinski definition) is 5. The van der Waals surface area contributed by atoms with Crippen LogP contribution in [0.2, 0.25) is 0 Å². The summed E-state index contributed by atoms with van der Waals surface area (Å²) in [5.41, 5.74) is 6.77. The molecule has 0 fully saturated rings. The summed E-state index contributed by atoms with van der Waals surface area (Å²) in [6, 6.07) is 7.89. The predicted molar refractivity (Wildman–Crippen MR) is 73.3 cm³/mol. The number of aliphatic carboxylic acids is 1. The van der Waals surface area contributed by atoms with Crippen molar-refractivity contribution in [3.8, 4) is 0 Å². The Morgan fingerprint density at radius 3 is 2.67 bits per heavy atom. The highest BCUT2D eigenvalue weighted by Gasteiger charge is 2.21. The number of ether oxygens (including phenoxy) is 1. The lowest BCUT2D eigenvalue weighted by Gasteiger charge is -2.07. The number of hydrogen-bond donors (Lipinski definition) is 3. The normalized spacial score (nSPS) is 12.0. The van der Waals surface area contributed by atoms with Crippen molar-refractivity contribution in [1.82, 2.24) is 4.98 Å². The minimum absolute atomic E-state index is 0.125. The van der Waals surface area contributed by atoms with Gasteiger partial charge in [0.05, 0.1) is 12.8 Å². The van der Waals surface area contributed by atoms with Gasteiger partial charge in [0.1, 0.15) is 6.04 Å². The van der Waals surface area contributed by atoms with Gasteiger partial charge in [-0.25, -0.2) is 4.79 Å². The summed E-state index contributed by atoms with van der Waals surface area (Å²) >= 11 is 0. The minimum Gasteiger partial charge on any atom is -0.481 e. The van der Waals surface area contributed by atoms with Crippen LogP contribution in [0.4, 0.5) is 0 Å². The van der Waals surface area contributed by atoms with E-state index in [0.717, 1.165) is 10.9 Å². The van der Waals surface area contributed by atoms with Crippen LogP contribution >= 0.6 is 0 Å². The molecule has 0 bridgehead atoms. The maximum Gasteiger partial charge on any atom is 0.331 e. The molecule has 1 aromatic heterocycles. The first-order chi connectivity index (χ1) is 9.95. The van der Waals surface area contributed by atoms with Crippen molar-refractivity contribution in [3.05, 3.63) is 36.0 Å². The average molecular weight is 290 g/mol. The lowest BCUT2D eigenvalue weighted by atomic mass is 10.2. The van der Waals surface area contributed by atoms with Gasteiger partial charge in [-0.05, 0) is 17.5 Å². The van der Waals surface area contributed by atoms with Gasteiger partial charge in [0.25, 0.3) is 0 Å². The van der Waals surface area contributed by atoms with E-state index in [2.05, 4.69) is 9.72 Å². The van der Waals surface area contributed by atoms with E-state index < -0.39 is 30.4 Å². The third-order valence-corrected chi connectivity index (χ3v) is 2.83. The molecule has 0 aliphatic rings. The Hall–Kier alpha value is -2.67. The van der Waals surface area contributed by atoms with E-state index in [4.69, 9.17) is 10.8 Å². The molecular weight excluding hydrogens is 276 g/mol. The molecule has 1 heterocycles. The lowest BCUT2D eigenvalue weighted by Crippen LogP contribution is -2.36. The fraction of sp³-hybridized carbons (Fsp3) is 0.214. The minimum atomic E-state index is -1.35. The molecule has 0 saturated heterocycles. The maximum absolute atomic E-state index is 11.6. The van der Waals surface area contributed by atoms with Gasteiger partial charge in [0, 0.05) is 11.2 Å². The zero-order chi connectivity index (χ0) is 15.4. The number of esters is 2. The van der Waals surface area contributed by atoms with Crippen LogP contribution in [0.1, 0.15) is 12.1 Å². The summed E-state index contributed by atoms with van der Waals surface area (Å²) < 4.78 is 4.53. The van der Waals surface area contributed by atoms with Crippen molar-refractivity contribution in [2.45, 2.75) is 18.9 Å². The van der Waals surface area contributed by atoms with Crippen LogP contribution in [0.5, 0.6) is 0 Å². The van der Waals surface area contributed by atoms with Crippen LogP contribution < -0.4 is 5.73 Å². The van der Waals surface area contributed by atoms with Crippen LogP contribution in [-0.4, -0.2) is 34.0 Å². The van der Waals surface area contributed by atoms with Crippen molar-refractivity contribution in [1.29, 1.82) is 0 Å². The van der Waals surface area contributed by atoms with Crippen molar-refractivity contribution in [2.24, 2.45) is 5.73 Å². The van der Waals surface area contributed by atoms with E-state index in [1.54, 1.807) is 6.07 Å². The lowest BCUT2D eigenvalue weighted by molar-refractivity contribution is -0.161. The molecule has 2 rings (SSSR count). The summed E-state index contributed by atoms with van der Waals surface area (Å²) in [5, 5.41) is 9.44. The van der Waals surface area contributed by atoms with Gasteiger partial charge < -0.3 is 20.6 Å². The number of rotatable bonds is 5. The van der Waals surface area contributed by atoms with Gasteiger partial charge in [-0.1, -0.05) is 18.2 Å². The second kappa shape index (κ2) is 6.19. The highest BCUT2D eigenvalue weighted by molar-refractivity contribution is 5.91. The number of carbonyl (C=O) groups excluding carboxylic acids is 2. The van der Waals surface area contributed by atoms with Gasteiger partial charge in [-0.2, -0.15) is 0 Å². The monoisotopic (exact) mass is 290 g/mol. The first-order valence-corrected chi connectivity index (χ1v) is 6.24. The fourth-order valence-corrected chi connectivity index (χ4v) is 1.88. The van der Waals surface area contributed by atoms with E-state index in [1.807, 2.05) is 24.3 Å². The Balaban J connectivity index is 1.95. The average Bonchev–Trinajstić information content (AvgIpc) is 2.79. The highest BCUT2D eigenvalue weighted by Crippen LogP contribution is 2.15. The van der Waals surface area contributed by atoms with Crippen LogP contribution in [0, 0.1) is 0 Å². The summed E-state index contributed by atoms with van der Waals surface area (Å²) in [5.74, 6) is -3.06. The van der Waals surface area contributed by atoms with E-state index in [0.29, 0.717) is 5.69 Å². The summed E-state index contributed by atoms with van der Waals surface area (Å²) in [6.45, 7) is 0. The van der Waals surface area contributed by atoms with E-state index in [1.165, 1.54) is 0 Å². The molecule has 4 N–H and O–H groups in total. The first kappa shape index (κ1) is 14.7. The number of benzene rings is 1. The van der Waals surface area contributed by atoms with E-state index >= 15 is 0 Å². The molecule has 0 spiro atoms. The number of aromatic nitrogens is 1. The smallest absolute Gasteiger partial charge is 0.331 e. The van der Waals surface area contributed by atoms with Crippen LogP contribution in [0.3, 0.4) is 0 Å². The molecule has 0 unspecified atom stereocenters. The van der Waals surface area contributed by atoms with Gasteiger partial charge >= 0.3 is 17.9 Å². The molecule has 0 radical (unpaired) electrons. The highest BCUT2D eigenvalue weighted by atomic mass is 16.6. The summed E-state index contributed by atoms with van der Waals surface area (Å²) in [4.78, 5) is 36.5. The SMILES string of the molecule is N[C@@H](CC(=O)O)C(=O)OC(=O)Cc1cc2ccccc2[nH]1. The Morgan fingerprint density at radius 1 is 1.29 bits per heavy atom. The molecule has 1 atom stereocenters. The summed E-state index contributed by atoms with van der Waals surface area (Å²) in [7, 11) is 0. The molecule has 7 nitrogen and oxygen atoms in total. The molecule has 1 aromatic carbocycles. The molecule has 7 heteroatoms. The van der Waals surface area contributed by atoms with Crippen LogP contribution in [0.25, 0.3) is 10.9 Å². The number of carboxylic acid groups (broad SMARTS) is 1. The largest absolute Gasteiger partial charge is 0.481 e. The number of nitrogens with one attached hydrogen (secondary N) is 1. The number of carbonyl (C=O) groups is 3. The van der Waals surface area contributed by atoms with Gasteiger partial charge in [-0.3, -0.25) is 9.59 Å². The van der Waals surface area contributed by atoms with Gasteiger partial charge in [-0.15, -0.1) is 0 Å². The van der Waals surface area contributed by atoms with E-state index in [-0.39, 0.29) is 6.42 Å². The maximum atomic E-state index is 11.6. The Labute approximate surface area is 119 Å². The van der Waals surface area contributed by atoms with Crippen molar-refractivity contribution in [3.63, 3.8) is 0 Å². The van der Waals surface area contributed by atoms with Crippen molar-refractivity contribution >= 4 is 28.8 Å². The quantitative estimate of drug-likeness (QED) is 0.547. The van der Waals surface area contributed by atoms with Gasteiger partial charge in [0.2, 0.25) is 0 Å². The van der Waals surface area contributed by atoms with Gasteiger partial charge in [0.15, 0.2) is 0 Å². The van der Waals surface area contributed by atoms with Crippen molar-refractivity contribution in [2.75, 3.05) is 0 Å². The molecule has 0 amide bonds. The molecule has 0 aliphatic heterocycles. The Kier molecular flexibility index (Phi) is 4.34. The number of H-pyrrole nitrogens is 1. The number of para-hydroxylation sites is 1. The number of nitrogens with two attached hydrogens (primary N) is 1. The molecule has 110 valence electrons. The number of carboxylic acids is 1. The second-order valence-electron chi connectivity index (χ2n) is 4.56. The Bertz CT molecular complexity index is 658. The zero-order valence-corrected chi connectivity index (χ0v) is 11.0. The first-order valence-electron chi connectivity index (χ1n) is 6.24. The fourth-order valence-electron chi connectivity index (χ4n) is 1.88. The topological polar surface area (TPSA) is 122 Å². The molecule has 21 heavy (non-hydrogen) atoms.